The average molecular weight is 416 g/mol. The molecule has 1 aromatic carbocycles. The van der Waals surface area contributed by atoms with Crippen LogP contribution in [0, 0.1) is 0 Å². The molecule has 2 heteroatoms. The molecule has 0 N–H and O–H groups in total. The second-order valence-corrected chi connectivity index (χ2v) is 12.0. The van der Waals surface area contributed by atoms with Crippen LogP contribution in [0.3, 0.4) is 0 Å². The Kier molecular flexibility index (Phi) is 7.85. The molecule has 0 atom stereocenters. The first-order valence-electron chi connectivity index (χ1n) is 6.34. The molecule has 1 nitrogen and oxygen atoms in total. The Bertz CT molecular complexity index is 253. The first-order valence-corrected chi connectivity index (χ1v) is 12.7. The molecule has 0 spiro atoms. The zero-order valence-electron chi connectivity index (χ0n) is 10.5. The molecule has 0 amide bonds. The molecule has 16 heavy (non-hydrogen) atoms. The van der Waals surface area contributed by atoms with E-state index in [2.05, 4.69) is 44.2 Å². The Morgan fingerprint density at radius 3 is 2.00 bits per heavy atom. The van der Waals surface area contributed by atoms with Gasteiger partial charge in [0.15, 0.2) is 0 Å². The summed E-state index contributed by atoms with van der Waals surface area (Å²) in [5, 5.41) is 0. The molecular formula is C14H23BiO. The van der Waals surface area contributed by atoms with E-state index in [9.17, 15) is 0 Å². The van der Waals surface area contributed by atoms with Gasteiger partial charge in [-0.15, -0.1) is 0 Å². The van der Waals surface area contributed by atoms with Crippen molar-refractivity contribution in [1.82, 2.24) is 0 Å². The number of hydrogen-bond donors (Lipinski definition) is 0. The Balaban J connectivity index is 2.42. The molecule has 90 valence electrons. The minimum absolute atomic E-state index is 1.10. The summed E-state index contributed by atoms with van der Waals surface area (Å²) in [4.78, 5) is 0. The molecule has 0 bridgehead atoms. The summed E-state index contributed by atoms with van der Waals surface area (Å²) in [6.45, 7) is 4.54. The molecule has 1 aromatic rings. The van der Waals surface area contributed by atoms with Crippen LogP contribution in [-0.4, -0.2) is 22.2 Å². The second kappa shape index (κ2) is 8.99. The van der Waals surface area contributed by atoms with Gasteiger partial charge in [-0.1, -0.05) is 0 Å². The fourth-order valence-electron chi connectivity index (χ4n) is 1.50. The van der Waals surface area contributed by atoms with E-state index in [1.807, 2.05) is 0 Å². The fraction of sp³-hybridized carbons (Fsp3) is 0.571. The number of unbranched alkanes of at least 4 members (excludes halogenated alkanes) is 2. The summed E-state index contributed by atoms with van der Waals surface area (Å²) in [5.74, 6) is 1.10. The summed E-state index contributed by atoms with van der Waals surface area (Å²) in [6, 6.07) is 10.4. The van der Waals surface area contributed by atoms with E-state index >= 15 is 0 Å². The summed E-state index contributed by atoms with van der Waals surface area (Å²) >= 11 is -1.65. The van der Waals surface area contributed by atoms with Crippen LogP contribution in [0.15, 0.2) is 30.3 Å². The van der Waals surface area contributed by atoms with Crippen molar-refractivity contribution in [3.05, 3.63) is 30.3 Å². The van der Waals surface area contributed by atoms with E-state index in [0.29, 0.717) is 0 Å². The third-order valence-corrected chi connectivity index (χ3v) is 10.7. The first kappa shape index (κ1) is 14.0. The van der Waals surface area contributed by atoms with Crippen molar-refractivity contribution in [2.75, 3.05) is 0 Å². The van der Waals surface area contributed by atoms with E-state index in [1.54, 1.807) is 0 Å². The van der Waals surface area contributed by atoms with E-state index in [0.717, 1.165) is 5.75 Å². The van der Waals surface area contributed by atoms with Crippen molar-refractivity contribution in [2.24, 2.45) is 0 Å². The maximum atomic E-state index is 6.22. The minimum atomic E-state index is -1.65. The summed E-state index contributed by atoms with van der Waals surface area (Å²) in [5.41, 5.74) is 0. The van der Waals surface area contributed by atoms with Crippen molar-refractivity contribution in [3.63, 3.8) is 0 Å². The van der Waals surface area contributed by atoms with Crippen LogP contribution >= 0.6 is 0 Å². The van der Waals surface area contributed by atoms with Gasteiger partial charge in [-0.3, -0.25) is 0 Å². The molecule has 0 fully saturated rings. The molecule has 0 saturated carbocycles. The Hall–Kier alpha value is -0.0969. The molecule has 0 aliphatic heterocycles. The third kappa shape index (κ3) is 5.84. The van der Waals surface area contributed by atoms with E-state index in [4.69, 9.17) is 2.81 Å². The molecule has 0 unspecified atom stereocenters. The first-order chi connectivity index (χ1) is 7.86. The van der Waals surface area contributed by atoms with Crippen LogP contribution < -0.4 is 2.81 Å². The predicted molar refractivity (Wildman–Crippen MR) is 72.3 cm³/mol. The van der Waals surface area contributed by atoms with Crippen molar-refractivity contribution in [1.29, 1.82) is 0 Å². The molecular weight excluding hydrogens is 393 g/mol. The van der Waals surface area contributed by atoms with E-state index in [1.165, 1.54) is 33.9 Å². The van der Waals surface area contributed by atoms with E-state index < -0.39 is 22.2 Å². The molecule has 1 rings (SSSR count). The van der Waals surface area contributed by atoms with Gasteiger partial charge in [0.25, 0.3) is 0 Å². The zero-order valence-corrected chi connectivity index (χ0v) is 14.0. The van der Waals surface area contributed by atoms with Crippen LogP contribution in [0.4, 0.5) is 0 Å². The molecule has 0 aliphatic rings. The number of rotatable bonds is 8. The summed E-state index contributed by atoms with van der Waals surface area (Å²) in [7, 11) is 0. The number of benzene rings is 1. The summed E-state index contributed by atoms with van der Waals surface area (Å²) < 4.78 is 9.00. The third-order valence-electron chi connectivity index (χ3n) is 2.50. The van der Waals surface area contributed by atoms with Gasteiger partial charge < -0.3 is 0 Å². The SMILES string of the molecule is CCC[CH2][Bi]([CH2]CCC)[O]c1ccccc1. The quantitative estimate of drug-likeness (QED) is 0.561. The Labute approximate surface area is 109 Å². The van der Waals surface area contributed by atoms with Crippen molar-refractivity contribution < 1.29 is 2.81 Å². The van der Waals surface area contributed by atoms with Crippen LogP contribution in [0.5, 0.6) is 5.75 Å². The van der Waals surface area contributed by atoms with Gasteiger partial charge in [-0.05, 0) is 0 Å². The van der Waals surface area contributed by atoms with Gasteiger partial charge in [-0.25, -0.2) is 0 Å². The topological polar surface area (TPSA) is 9.23 Å². The van der Waals surface area contributed by atoms with Crippen molar-refractivity contribution in [2.45, 2.75) is 47.8 Å². The monoisotopic (exact) mass is 416 g/mol. The molecule has 0 aliphatic carbocycles. The van der Waals surface area contributed by atoms with Gasteiger partial charge in [0.05, 0.1) is 0 Å². The van der Waals surface area contributed by atoms with Gasteiger partial charge in [0.2, 0.25) is 0 Å². The van der Waals surface area contributed by atoms with Gasteiger partial charge in [0, 0.05) is 0 Å². The van der Waals surface area contributed by atoms with Gasteiger partial charge in [-0.2, -0.15) is 0 Å². The van der Waals surface area contributed by atoms with Crippen LogP contribution in [0.1, 0.15) is 39.5 Å². The molecule has 0 radical (unpaired) electrons. The zero-order chi connectivity index (χ0) is 11.6. The van der Waals surface area contributed by atoms with E-state index in [-0.39, 0.29) is 0 Å². The Morgan fingerprint density at radius 1 is 0.938 bits per heavy atom. The standard InChI is InChI=1S/C6H6O.2C4H9.Bi/c7-6-4-2-1-3-5-6;2*1-3-4-2;/h1-5,7H;2*1,3-4H2,2H3;/q;;;+1/p-1. The summed E-state index contributed by atoms with van der Waals surface area (Å²) in [6.07, 6.45) is 5.31. The normalized spacial score (nSPS) is 10.7. The van der Waals surface area contributed by atoms with Crippen LogP contribution in [0.2, 0.25) is 8.26 Å². The Morgan fingerprint density at radius 2 is 1.50 bits per heavy atom. The van der Waals surface area contributed by atoms with Crippen molar-refractivity contribution in [3.8, 4) is 5.75 Å². The van der Waals surface area contributed by atoms with Crippen molar-refractivity contribution >= 4 is 22.2 Å². The fourth-order valence-corrected chi connectivity index (χ4v) is 9.91. The van der Waals surface area contributed by atoms with Crippen LogP contribution in [0.25, 0.3) is 0 Å². The molecule has 0 saturated heterocycles. The van der Waals surface area contributed by atoms with Gasteiger partial charge >= 0.3 is 109 Å². The molecule has 0 aromatic heterocycles. The predicted octanol–water partition coefficient (Wildman–Crippen LogP) is 4.66. The molecule has 0 heterocycles. The number of hydrogen-bond acceptors (Lipinski definition) is 1. The second-order valence-electron chi connectivity index (χ2n) is 4.04. The number of para-hydroxylation sites is 1. The van der Waals surface area contributed by atoms with Gasteiger partial charge in [0.1, 0.15) is 0 Å². The average Bonchev–Trinajstić information content (AvgIpc) is 2.34. The van der Waals surface area contributed by atoms with Crippen LogP contribution in [-0.2, 0) is 0 Å². The maximum absolute atomic E-state index is 6.22.